The number of methoxy groups -OCH3 is 1. The third-order valence-electron chi connectivity index (χ3n) is 10.2. The molecule has 0 aromatic carbocycles. The number of epoxide rings is 1. The predicted molar refractivity (Wildman–Crippen MR) is 109 cm³/mol. The van der Waals surface area contributed by atoms with Gasteiger partial charge in [0.2, 0.25) is 0 Å². The Bertz CT molecular complexity index is 890. The highest BCUT2D eigenvalue weighted by molar-refractivity contribution is 5.92. The lowest BCUT2D eigenvalue weighted by atomic mass is 9.44. The zero-order valence-electron chi connectivity index (χ0n) is 18.2. The first-order chi connectivity index (χ1) is 14.2. The Morgan fingerprint density at radius 1 is 1.23 bits per heavy atom. The molecule has 5 fully saturated rings. The summed E-state index contributed by atoms with van der Waals surface area (Å²) in [6, 6.07) is 0. The molecule has 2 aliphatic heterocycles. The maximum absolute atomic E-state index is 13.0. The fraction of sp³-hybridized carbons (Fsp3) is 0.760. The first kappa shape index (κ1) is 19.1. The topological polar surface area (TPSA) is 65.1 Å². The Hall–Kier alpha value is -1.62. The zero-order valence-corrected chi connectivity index (χ0v) is 18.2. The molecule has 0 aromatic heterocycles. The van der Waals surface area contributed by atoms with Crippen molar-refractivity contribution in [2.24, 2.45) is 34.5 Å². The van der Waals surface area contributed by atoms with Crippen molar-refractivity contribution < 1.29 is 23.8 Å². The Morgan fingerprint density at radius 2 is 2.03 bits per heavy atom. The maximum Gasteiger partial charge on any atom is 0.309 e. The van der Waals surface area contributed by atoms with Gasteiger partial charge in [0.1, 0.15) is 5.60 Å². The van der Waals surface area contributed by atoms with E-state index in [4.69, 9.17) is 14.2 Å². The molecule has 0 aromatic rings. The monoisotopic (exact) mass is 412 g/mol. The molecule has 0 N–H and O–H groups in total. The van der Waals surface area contributed by atoms with Gasteiger partial charge in [-0.15, -0.1) is 0 Å². The van der Waals surface area contributed by atoms with E-state index in [-0.39, 0.29) is 58.1 Å². The number of hydrogen-bond acceptors (Lipinski definition) is 5. The number of fused-ring (bicyclic) bond motifs is 9. The largest absolute Gasteiger partial charge is 0.492 e. The van der Waals surface area contributed by atoms with E-state index in [1.165, 1.54) is 7.11 Å². The molecule has 3 unspecified atom stereocenters. The van der Waals surface area contributed by atoms with Gasteiger partial charge in [0.25, 0.3) is 0 Å². The lowest BCUT2D eigenvalue weighted by Crippen LogP contribution is -2.61. The van der Waals surface area contributed by atoms with Crippen molar-refractivity contribution in [1.82, 2.24) is 0 Å². The van der Waals surface area contributed by atoms with Crippen LogP contribution < -0.4 is 0 Å². The fourth-order valence-electron chi connectivity index (χ4n) is 8.71. The van der Waals surface area contributed by atoms with Crippen molar-refractivity contribution >= 4 is 11.8 Å². The number of rotatable bonds is 1. The third kappa shape index (κ3) is 2.08. The van der Waals surface area contributed by atoms with E-state index in [0.29, 0.717) is 18.8 Å². The van der Waals surface area contributed by atoms with E-state index < -0.39 is 0 Å². The summed E-state index contributed by atoms with van der Waals surface area (Å²) in [5, 5.41) is 0. The number of ketones is 1. The number of carbonyl (C=O) groups is 2. The molecule has 2 saturated heterocycles. The van der Waals surface area contributed by atoms with E-state index in [1.807, 2.05) is 6.08 Å². The minimum Gasteiger partial charge on any atom is -0.492 e. The molecule has 5 nitrogen and oxygen atoms in total. The summed E-state index contributed by atoms with van der Waals surface area (Å²) < 4.78 is 18.3. The van der Waals surface area contributed by atoms with Gasteiger partial charge in [-0.25, -0.2) is 0 Å². The average molecular weight is 413 g/mol. The Morgan fingerprint density at radius 3 is 2.73 bits per heavy atom. The molecule has 6 aliphatic rings. The smallest absolute Gasteiger partial charge is 0.309 e. The molecule has 3 saturated carbocycles. The van der Waals surface area contributed by atoms with Gasteiger partial charge in [-0.1, -0.05) is 26.0 Å². The average Bonchev–Trinajstić information content (AvgIpc) is 3.35. The number of hydrogen-bond donors (Lipinski definition) is 0. The molecular formula is C25H32O5. The summed E-state index contributed by atoms with van der Waals surface area (Å²) >= 11 is 0. The van der Waals surface area contributed by atoms with Gasteiger partial charge >= 0.3 is 5.97 Å². The minimum atomic E-state index is -0.209. The minimum absolute atomic E-state index is 0.0697. The van der Waals surface area contributed by atoms with Gasteiger partial charge in [-0.3, -0.25) is 9.59 Å². The molecule has 9 atom stereocenters. The van der Waals surface area contributed by atoms with Gasteiger partial charge in [-0.05, 0) is 55.4 Å². The molecule has 0 radical (unpaired) electrons. The number of esters is 1. The van der Waals surface area contributed by atoms with Crippen LogP contribution in [0, 0.1) is 34.5 Å². The predicted octanol–water partition coefficient (Wildman–Crippen LogP) is 3.97. The van der Waals surface area contributed by atoms with Crippen molar-refractivity contribution in [3.8, 4) is 0 Å². The van der Waals surface area contributed by atoms with E-state index >= 15 is 0 Å². The lowest BCUT2D eigenvalue weighted by Gasteiger charge is -2.58. The summed E-state index contributed by atoms with van der Waals surface area (Å²) in [6.07, 6.45) is 8.22. The van der Waals surface area contributed by atoms with Crippen molar-refractivity contribution in [3.05, 3.63) is 24.0 Å². The normalized spacial score (nSPS) is 53.2. The van der Waals surface area contributed by atoms with Crippen molar-refractivity contribution in [3.63, 3.8) is 0 Å². The number of carbonyl (C=O) groups excluding carboxylic acids is 2. The van der Waals surface area contributed by atoms with Crippen molar-refractivity contribution in [2.75, 3.05) is 7.11 Å². The van der Waals surface area contributed by atoms with E-state index in [1.54, 1.807) is 0 Å². The Balaban J connectivity index is 1.48. The molecule has 5 heteroatoms. The molecule has 162 valence electrons. The van der Waals surface area contributed by atoms with Crippen LogP contribution in [0.3, 0.4) is 0 Å². The molecule has 6 rings (SSSR count). The molecule has 4 aliphatic carbocycles. The van der Waals surface area contributed by atoms with E-state index in [2.05, 4.69) is 20.4 Å². The van der Waals surface area contributed by atoms with Crippen LogP contribution >= 0.6 is 0 Å². The first-order valence-corrected chi connectivity index (χ1v) is 11.6. The van der Waals surface area contributed by atoms with Crippen LogP contribution in [-0.4, -0.2) is 36.7 Å². The van der Waals surface area contributed by atoms with Crippen LogP contribution in [0.25, 0.3) is 0 Å². The second kappa shape index (κ2) is 5.79. The van der Waals surface area contributed by atoms with Crippen LogP contribution in [0.2, 0.25) is 0 Å². The first-order valence-electron chi connectivity index (χ1n) is 11.6. The van der Waals surface area contributed by atoms with Gasteiger partial charge in [0.15, 0.2) is 5.78 Å². The quantitative estimate of drug-likeness (QED) is 0.482. The Kier molecular flexibility index (Phi) is 3.68. The second-order valence-electron chi connectivity index (χ2n) is 11.1. The lowest BCUT2D eigenvalue weighted by molar-refractivity contribution is -0.161. The molecule has 0 bridgehead atoms. The van der Waals surface area contributed by atoms with Crippen molar-refractivity contribution in [2.45, 2.75) is 76.6 Å². The van der Waals surface area contributed by atoms with Crippen LogP contribution in [0.5, 0.6) is 0 Å². The van der Waals surface area contributed by atoms with E-state index in [9.17, 15) is 9.59 Å². The summed E-state index contributed by atoms with van der Waals surface area (Å²) in [5.41, 5.74) is 0.762. The highest BCUT2D eigenvalue weighted by Crippen LogP contribution is 2.75. The van der Waals surface area contributed by atoms with Crippen LogP contribution in [0.15, 0.2) is 24.0 Å². The molecule has 2 heterocycles. The van der Waals surface area contributed by atoms with Gasteiger partial charge in [0.05, 0.1) is 31.0 Å². The summed E-state index contributed by atoms with van der Waals surface area (Å²) in [7, 11) is 1.49. The highest BCUT2D eigenvalue weighted by Gasteiger charge is 2.79. The highest BCUT2D eigenvalue weighted by atomic mass is 16.6. The van der Waals surface area contributed by atoms with E-state index in [0.717, 1.165) is 43.4 Å². The summed E-state index contributed by atoms with van der Waals surface area (Å²) in [5.74, 6) is 1.57. The van der Waals surface area contributed by atoms with Crippen molar-refractivity contribution in [1.29, 1.82) is 0 Å². The van der Waals surface area contributed by atoms with Gasteiger partial charge in [-0.2, -0.15) is 0 Å². The maximum atomic E-state index is 13.0. The van der Waals surface area contributed by atoms with Crippen LogP contribution in [-0.2, 0) is 23.8 Å². The Labute approximate surface area is 178 Å². The van der Waals surface area contributed by atoms with Gasteiger partial charge < -0.3 is 14.2 Å². The third-order valence-corrected chi connectivity index (χ3v) is 10.2. The fourth-order valence-corrected chi connectivity index (χ4v) is 8.71. The van der Waals surface area contributed by atoms with Crippen LogP contribution in [0.4, 0.5) is 0 Å². The molecule has 30 heavy (non-hydrogen) atoms. The molecule has 0 amide bonds. The number of allylic oxidation sites excluding steroid dienone is 2. The zero-order chi connectivity index (χ0) is 21.1. The number of ether oxygens (including phenoxy) is 3. The van der Waals surface area contributed by atoms with Gasteiger partial charge in [0, 0.05) is 24.2 Å². The molecule has 1 spiro atoms. The SMILES string of the molecule is C=C1CC[C@@]2(CCC3C4C([C@@H]5O[C@@H]5[C@@]32C)[C@@]2(C)CCC(=O)C=C2C[C@H]4C(=O)OC)O1. The standard InChI is InChI=1S/C25H32O5/c1-13-5-9-25(30-13)10-7-17-18-16(22(27)28-4)12-14-11-15(26)6-8-23(14,2)19(18)20-21(29-20)24(17,25)3/h11,16-21H,1,5-10,12H2,2-4H3/t16-,17?,18?,19?,20+,21+,23+,24-,25+/m1/s1. The molecular weight excluding hydrogens is 380 g/mol. The van der Waals surface area contributed by atoms with Crippen LogP contribution in [0.1, 0.15) is 58.8 Å². The second-order valence-corrected chi connectivity index (χ2v) is 11.1. The summed E-state index contributed by atoms with van der Waals surface area (Å²) in [4.78, 5) is 25.3. The summed E-state index contributed by atoms with van der Waals surface area (Å²) in [6.45, 7) is 8.79.